The maximum absolute atomic E-state index is 13.0. The molecule has 0 saturated heterocycles. The summed E-state index contributed by atoms with van der Waals surface area (Å²) >= 11 is 0. The predicted molar refractivity (Wildman–Crippen MR) is 100 cm³/mol. The summed E-state index contributed by atoms with van der Waals surface area (Å²) in [5.41, 5.74) is 0.798. The number of nitrogens with zero attached hydrogens (tertiary/aromatic N) is 1. The Balaban J connectivity index is 2.07. The SMILES string of the molecule is CCCCOc1ccc(NC(=O)C2(OCC)CCCCCC2)c(C)n1. The van der Waals surface area contributed by atoms with Gasteiger partial charge in [-0.15, -0.1) is 0 Å². The van der Waals surface area contributed by atoms with Crippen LogP contribution in [0, 0.1) is 6.92 Å². The average Bonchev–Trinajstić information content (AvgIpc) is 2.84. The molecule has 1 aromatic rings. The van der Waals surface area contributed by atoms with E-state index in [2.05, 4.69) is 17.2 Å². The van der Waals surface area contributed by atoms with Crippen LogP contribution in [0.25, 0.3) is 0 Å². The third-order valence-electron chi connectivity index (χ3n) is 4.80. The van der Waals surface area contributed by atoms with Crippen molar-refractivity contribution in [2.24, 2.45) is 0 Å². The highest BCUT2D eigenvalue weighted by atomic mass is 16.5. The molecule has 2 rings (SSSR count). The number of carbonyl (C=O) groups is 1. The molecule has 1 aromatic heterocycles. The summed E-state index contributed by atoms with van der Waals surface area (Å²) in [5, 5.41) is 3.05. The Bertz CT molecular complexity index is 552. The van der Waals surface area contributed by atoms with E-state index in [-0.39, 0.29) is 5.91 Å². The number of unbranched alkanes of at least 4 members (excludes halogenated alkanes) is 1. The maximum Gasteiger partial charge on any atom is 0.256 e. The van der Waals surface area contributed by atoms with Gasteiger partial charge in [0.15, 0.2) is 0 Å². The fourth-order valence-corrected chi connectivity index (χ4v) is 3.32. The molecular formula is C20H32N2O3. The second kappa shape index (κ2) is 9.76. The molecule has 1 N–H and O–H groups in total. The van der Waals surface area contributed by atoms with Crippen molar-refractivity contribution in [1.82, 2.24) is 4.98 Å². The van der Waals surface area contributed by atoms with Crippen LogP contribution in [0.5, 0.6) is 5.88 Å². The monoisotopic (exact) mass is 348 g/mol. The van der Waals surface area contributed by atoms with Crippen molar-refractivity contribution in [3.05, 3.63) is 17.8 Å². The molecule has 0 aliphatic heterocycles. The summed E-state index contributed by atoms with van der Waals surface area (Å²) in [6.45, 7) is 7.19. The highest BCUT2D eigenvalue weighted by Gasteiger charge is 2.39. The van der Waals surface area contributed by atoms with E-state index in [9.17, 15) is 4.79 Å². The fourth-order valence-electron chi connectivity index (χ4n) is 3.32. The van der Waals surface area contributed by atoms with Crippen molar-refractivity contribution in [1.29, 1.82) is 0 Å². The summed E-state index contributed by atoms with van der Waals surface area (Å²) in [4.78, 5) is 17.4. The van der Waals surface area contributed by atoms with E-state index in [0.29, 0.717) is 19.1 Å². The number of aryl methyl sites for hydroxylation is 1. The lowest BCUT2D eigenvalue weighted by Gasteiger charge is -2.31. The first-order chi connectivity index (χ1) is 12.1. The molecule has 1 saturated carbocycles. The molecule has 0 spiro atoms. The second-order valence-corrected chi connectivity index (χ2v) is 6.78. The van der Waals surface area contributed by atoms with Crippen LogP contribution in [0.2, 0.25) is 0 Å². The Morgan fingerprint density at radius 3 is 2.52 bits per heavy atom. The van der Waals surface area contributed by atoms with Crippen LogP contribution >= 0.6 is 0 Å². The standard InChI is InChI=1S/C20H32N2O3/c1-4-6-15-24-18-12-11-17(16(3)21-18)22-19(23)20(25-5-2)13-9-7-8-10-14-20/h11-12H,4-10,13-15H2,1-3H3,(H,22,23). The molecule has 5 nitrogen and oxygen atoms in total. The molecule has 5 heteroatoms. The molecule has 0 atom stereocenters. The van der Waals surface area contributed by atoms with Gasteiger partial charge in [0, 0.05) is 12.7 Å². The van der Waals surface area contributed by atoms with Crippen molar-refractivity contribution in [2.75, 3.05) is 18.5 Å². The highest BCUT2D eigenvalue weighted by Crippen LogP contribution is 2.32. The number of pyridine rings is 1. The summed E-state index contributed by atoms with van der Waals surface area (Å²) in [6, 6.07) is 3.69. The van der Waals surface area contributed by atoms with E-state index in [1.807, 2.05) is 26.0 Å². The van der Waals surface area contributed by atoms with Gasteiger partial charge in [0.05, 0.1) is 18.0 Å². The molecule has 0 bridgehead atoms. The summed E-state index contributed by atoms with van der Waals surface area (Å²) in [6.07, 6.45) is 8.10. The van der Waals surface area contributed by atoms with Crippen LogP contribution in [0.4, 0.5) is 5.69 Å². The molecule has 1 amide bonds. The summed E-state index contributed by atoms with van der Waals surface area (Å²) in [5.74, 6) is 0.568. The van der Waals surface area contributed by atoms with E-state index in [1.165, 1.54) is 12.8 Å². The minimum Gasteiger partial charge on any atom is -0.478 e. The third kappa shape index (κ3) is 5.43. The number of hydrogen-bond donors (Lipinski definition) is 1. The number of aromatic nitrogens is 1. The van der Waals surface area contributed by atoms with Gasteiger partial charge in [-0.1, -0.05) is 39.0 Å². The van der Waals surface area contributed by atoms with Gasteiger partial charge in [-0.05, 0) is 39.2 Å². The molecule has 25 heavy (non-hydrogen) atoms. The average molecular weight is 348 g/mol. The Kier molecular flexibility index (Phi) is 7.69. The number of carbonyl (C=O) groups excluding carboxylic acids is 1. The van der Waals surface area contributed by atoms with Gasteiger partial charge in [-0.3, -0.25) is 4.79 Å². The molecule has 1 fully saturated rings. The Labute approximate surface area is 151 Å². The van der Waals surface area contributed by atoms with Crippen LogP contribution in [-0.4, -0.2) is 29.7 Å². The van der Waals surface area contributed by atoms with Gasteiger partial charge in [0.1, 0.15) is 5.60 Å². The van der Waals surface area contributed by atoms with E-state index in [1.54, 1.807) is 0 Å². The largest absolute Gasteiger partial charge is 0.478 e. The van der Waals surface area contributed by atoms with Crippen molar-refractivity contribution in [2.45, 2.75) is 77.7 Å². The van der Waals surface area contributed by atoms with Crippen LogP contribution < -0.4 is 10.1 Å². The zero-order valence-corrected chi connectivity index (χ0v) is 15.9. The third-order valence-corrected chi connectivity index (χ3v) is 4.80. The zero-order valence-electron chi connectivity index (χ0n) is 15.9. The van der Waals surface area contributed by atoms with Crippen molar-refractivity contribution < 1.29 is 14.3 Å². The smallest absolute Gasteiger partial charge is 0.256 e. The van der Waals surface area contributed by atoms with E-state index in [0.717, 1.165) is 49.9 Å². The van der Waals surface area contributed by atoms with E-state index in [4.69, 9.17) is 9.47 Å². The topological polar surface area (TPSA) is 60.5 Å². The maximum atomic E-state index is 13.0. The quantitative estimate of drug-likeness (QED) is 0.549. The van der Waals surface area contributed by atoms with Gasteiger partial charge >= 0.3 is 0 Å². The Morgan fingerprint density at radius 2 is 1.92 bits per heavy atom. The van der Waals surface area contributed by atoms with Crippen LogP contribution in [-0.2, 0) is 9.53 Å². The van der Waals surface area contributed by atoms with Crippen LogP contribution in [0.3, 0.4) is 0 Å². The first-order valence-corrected chi connectivity index (χ1v) is 9.67. The van der Waals surface area contributed by atoms with E-state index < -0.39 is 5.60 Å². The van der Waals surface area contributed by atoms with Crippen LogP contribution in [0.1, 0.15) is 70.9 Å². The van der Waals surface area contributed by atoms with Crippen molar-refractivity contribution in [3.63, 3.8) is 0 Å². The number of hydrogen-bond acceptors (Lipinski definition) is 4. The summed E-state index contributed by atoms with van der Waals surface area (Å²) < 4.78 is 11.6. The lowest BCUT2D eigenvalue weighted by molar-refractivity contribution is -0.143. The number of ether oxygens (including phenoxy) is 2. The van der Waals surface area contributed by atoms with Gasteiger partial charge in [-0.2, -0.15) is 0 Å². The predicted octanol–water partition coefficient (Wildman–Crippen LogP) is 4.64. The van der Waals surface area contributed by atoms with Gasteiger partial charge in [-0.25, -0.2) is 4.98 Å². The molecule has 140 valence electrons. The van der Waals surface area contributed by atoms with Gasteiger partial charge in [0.2, 0.25) is 5.88 Å². The first-order valence-electron chi connectivity index (χ1n) is 9.67. The molecule has 1 aliphatic rings. The normalized spacial score (nSPS) is 16.9. The number of amides is 1. The molecule has 1 heterocycles. The lowest BCUT2D eigenvalue weighted by atomic mass is 9.92. The second-order valence-electron chi connectivity index (χ2n) is 6.78. The molecule has 0 radical (unpaired) electrons. The Hall–Kier alpha value is -1.62. The highest BCUT2D eigenvalue weighted by molar-refractivity contribution is 5.97. The minimum absolute atomic E-state index is 0.0409. The molecule has 1 aliphatic carbocycles. The molecule has 0 unspecified atom stereocenters. The van der Waals surface area contributed by atoms with Crippen molar-refractivity contribution in [3.8, 4) is 5.88 Å². The summed E-state index contributed by atoms with van der Waals surface area (Å²) in [7, 11) is 0. The number of rotatable bonds is 8. The van der Waals surface area contributed by atoms with Crippen molar-refractivity contribution >= 4 is 11.6 Å². The lowest BCUT2D eigenvalue weighted by Crippen LogP contribution is -2.45. The van der Waals surface area contributed by atoms with Gasteiger partial charge in [0.25, 0.3) is 5.91 Å². The van der Waals surface area contributed by atoms with Crippen LogP contribution in [0.15, 0.2) is 12.1 Å². The van der Waals surface area contributed by atoms with E-state index >= 15 is 0 Å². The first kappa shape index (κ1) is 19.7. The molecule has 0 aromatic carbocycles. The number of nitrogens with one attached hydrogen (secondary N) is 1. The zero-order chi connectivity index (χ0) is 18.1. The Morgan fingerprint density at radius 1 is 1.20 bits per heavy atom. The molecular weight excluding hydrogens is 316 g/mol. The minimum atomic E-state index is -0.700. The fraction of sp³-hybridized carbons (Fsp3) is 0.700. The number of anilines is 1. The van der Waals surface area contributed by atoms with Gasteiger partial charge < -0.3 is 14.8 Å².